The van der Waals surface area contributed by atoms with Gasteiger partial charge in [-0.05, 0) is 26.3 Å². The smallest absolute Gasteiger partial charge is 0.355 e. The average molecular weight is 445 g/mol. The maximum absolute atomic E-state index is 12.9. The van der Waals surface area contributed by atoms with Gasteiger partial charge in [0.1, 0.15) is 22.7 Å². The van der Waals surface area contributed by atoms with Crippen molar-refractivity contribution in [3.63, 3.8) is 0 Å². The predicted molar refractivity (Wildman–Crippen MR) is 114 cm³/mol. The van der Waals surface area contributed by atoms with Crippen LogP contribution in [-0.2, 0) is 28.7 Å². The minimum Gasteiger partial charge on any atom is -0.455 e. The molecule has 2 heterocycles. The predicted octanol–water partition coefficient (Wildman–Crippen LogP) is 2.08. The largest absolute Gasteiger partial charge is 0.455 e. The molecule has 0 aliphatic carbocycles. The fourth-order valence-electron chi connectivity index (χ4n) is 3.32. The van der Waals surface area contributed by atoms with E-state index in [1.807, 2.05) is 0 Å². The summed E-state index contributed by atoms with van der Waals surface area (Å²) < 4.78 is 10.4. The van der Waals surface area contributed by atoms with Crippen LogP contribution in [0.3, 0.4) is 0 Å². The molecule has 9 heteroatoms. The topological polar surface area (TPSA) is 102 Å². The summed E-state index contributed by atoms with van der Waals surface area (Å²) in [7, 11) is 0. The van der Waals surface area contributed by atoms with E-state index >= 15 is 0 Å². The first kappa shape index (κ1) is 22.6. The van der Waals surface area contributed by atoms with E-state index in [1.54, 1.807) is 51.1 Å². The second-order valence-corrected chi connectivity index (χ2v) is 9.10. The van der Waals surface area contributed by atoms with Gasteiger partial charge in [0.2, 0.25) is 6.10 Å². The van der Waals surface area contributed by atoms with Gasteiger partial charge in [0.05, 0.1) is 0 Å². The summed E-state index contributed by atoms with van der Waals surface area (Å²) in [4.78, 5) is 50.7. The van der Waals surface area contributed by atoms with Crippen LogP contribution in [0.2, 0.25) is 0 Å². The molecule has 1 N–H and O–H groups in total. The van der Waals surface area contributed by atoms with E-state index in [-0.39, 0.29) is 12.2 Å². The molecule has 2 amide bonds. The number of hydrogen-bond acceptors (Lipinski definition) is 7. The normalized spacial score (nSPS) is 21.4. The standard InChI is InChI=1S/C22H24N2O6S/c1-5-13-11-31-20-15(19(27)24(20)16(13)21(28)30-22(2,3)4)23-18(26)17(29-12-25)14-9-7-6-8-10-14/h5-10,12,15,17,20H,1,11H2,2-4H3,(H,23,26)/t15-,17?,20-/m1/s1. The molecule has 0 spiro atoms. The molecule has 0 saturated carbocycles. The zero-order valence-corrected chi connectivity index (χ0v) is 18.3. The third-order valence-corrected chi connectivity index (χ3v) is 5.97. The van der Waals surface area contributed by atoms with Crippen LogP contribution in [-0.4, -0.2) is 51.9 Å². The van der Waals surface area contributed by atoms with E-state index in [1.165, 1.54) is 22.7 Å². The molecule has 1 aromatic carbocycles. The van der Waals surface area contributed by atoms with Crippen LogP contribution in [0, 0.1) is 0 Å². The van der Waals surface area contributed by atoms with E-state index in [0.29, 0.717) is 16.9 Å². The summed E-state index contributed by atoms with van der Waals surface area (Å²) in [6, 6.07) is 7.64. The van der Waals surface area contributed by atoms with Gasteiger partial charge in [-0.2, -0.15) is 0 Å². The zero-order valence-electron chi connectivity index (χ0n) is 17.5. The van der Waals surface area contributed by atoms with Crippen molar-refractivity contribution in [1.29, 1.82) is 0 Å². The Morgan fingerprint density at radius 3 is 2.55 bits per heavy atom. The molecule has 0 bridgehead atoms. The van der Waals surface area contributed by atoms with Crippen molar-refractivity contribution in [3.8, 4) is 0 Å². The van der Waals surface area contributed by atoms with Crippen molar-refractivity contribution in [2.45, 2.75) is 43.9 Å². The minimum atomic E-state index is -1.18. The number of nitrogens with zero attached hydrogens (tertiary/aromatic N) is 1. The van der Waals surface area contributed by atoms with Gasteiger partial charge >= 0.3 is 5.97 Å². The number of β-lactam (4-membered cyclic amide) rings is 1. The fraction of sp³-hybridized carbons (Fsp3) is 0.364. The number of amides is 2. The number of ether oxygens (including phenoxy) is 2. The molecule has 1 aromatic rings. The maximum Gasteiger partial charge on any atom is 0.355 e. The molecule has 2 aliphatic rings. The lowest BCUT2D eigenvalue weighted by Crippen LogP contribution is -2.71. The first-order valence-electron chi connectivity index (χ1n) is 9.66. The van der Waals surface area contributed by atoms with E-state index in [4.69, 9.17) is 9.47 Å². The van der Waals surface area contributed by atoms with Gasteiger partial charge in [0.25, 0.3) is 18.3 Å². The molecule has 31 heavy (non-hydrogen) atoms. The van der Waals surface area contributed by atoms with Crippen LogP contribution < -0.4 is 5.32 Å². The van der Waals surface area contributed by atoms with Crippen LogP contribution in [0.25, 0.3) is 0 Å². The number of carbonyl (C=O) groups excluding carboxylic acids is 4. The van der Waals surface area contributed by atoms with Gasteiger partial charge in [-0.15, -0.1) is 11.8 Å². The number of thioether (sulfide) groups is 1. The van der Waals surface area contributed by atoms with Crippen molar-refractivity contribution < 1.29 is 28.7 Å². The number of fused-ring (bicyclic) bond motifs is 1. The number of allylic oxidation sites excluding steroid dienone is 1. The zero-order chi connectivity index (χ0) is 22.8. The first-order valence-corrected chi connectivity index (χ1v) is 10.7. The lowest BCUT2D eigenvalue weighted by molar-refractivity contribution is -0.159. The molecular formula is C22H24N2O6S. The molecule has 2 aliphatic heterocycles. The van der Waals surface area contributed by atoms with E-state index < -0.39 is 40.9 Å². The highest BCUT2D eigenvalue weighted by Gasteiger charge is 2.54. The quantitative estimate of drug-likeness (QED) is 0.390. The third kappa shape index (κ3) is 4.66. The maximum atomic E-state index is 12.9. The highest BCUT2D eigenvalue weighted by molar-refractivity contribution is 8.00. The molecule has 164 valence electrons. The second-order valence-electron chi connectivity index (χ2n) is 8.00. The fourth-order valence-corrected chi connectivity index (χ4v) is 4.66. The number of esters is 1. The number of carbonyl (C=O) groups is 4. The van der Waals surface area contributed by atoms with Gasteiger partial charge in [-0.3, -0.25) is 19.3 Å². The molecular weight excluding hydrogens is 420 g/mol. The molecule has 0 radical (unpaired) electrons. The summed E-state index contributed by atoms with van der Waals surface area (Å²) in [6.07, 6.45) is 0.351. The Bertz CT molecular complexity index is 937. The third-order valence-electron chi connectivity index (χ3n) is 4.67. The minimum absolute atomic E-state index is 0.146. The Kier molecular flexibility index (Phi) is 6.54. The number of hydrogen-bond donors (Lipinski definition) is 1. The van der Waals surface area contributed by atoms with Crippen molar-refractivity contribution >= 4 is 36.0 Å². The monoisotopic (exact) mass is 444 g/mol. The summed E-state index contributed by atoms with van der Waals surface area (Å²) in [5.41, 5.74) is 0.496. The molecule has 1 unspecified atom stereocenters. The molecule has 3 rings (SSSR count). The number of benzene rings is 1. The van der Waals surface area contributed by atoms with Crippen LogP contribution in [0.1, 0.15) is 32.4 Å². The van der Waals surface area contributed by atoms with Gasteiger partial charge in [0, 0.05) is 11.3 Å². The Hall–Kier alpha value is -3.07. The van der Waals surface area contributed by atoms with E-state index in [2.05, 4.69) is 11.9 Å². The Balaban J connectivity index is 1.78. The van der Waals surface area contributed by atoms with Crippen molar-refractivity contribution in [2.75, 3.05) is 5.75 Å². The summed E-state index contributed by atoms with van der Waals surface area (Å²) in [6.45, 7) is 9.15. The van der Waals surface area contributed by atoms with Gasteiger partial charge < -0.3 is 14.8 Å². The lowest BCUT2D eigenvalue weighted by Gasteiger charge is -2.49. The van der Waals surface area contributed by atoms with Crippen molar-refractivity contribution in [1.82, 2.24) is 10.2 Å². The highest BCUT2D eigenvalue weighted by atomic mass is 32.2. The van der Waals surface area contributed by atoms with Crippen molar-refractivity contribution in [2.24, 2.45) is 0 Å². The summed E-state index contributed by atoms with van der Waals surface area (Å²) in [5.74, 6) is -1.23. The van der Waals surface area contributed by atoms with Gasteiger partial charge in [-0.1, -0.05) is 43.0 Å². The van der Waals surface area contributed by atoms with Crippen LogP contribution in [0.4, 0.5) is 0 Å². The Labute approximate surface area is 184 Å². The second kappa shape index (κ2) is 8.97. The number of rotatable bonds is 7. The SMILES string of the molecule is C=CC1=C(C(=O)OC(C)(C)C)N2C(=O)[C@@H](NC(=O)C(OC=O)c3ccccc3)[C@H]2SC1. The first-order chi connectivity index (χ1) is 14.7. The molecule has 0 aromatic heterocycles. The average Bonchev–Trinajstić information content (AvgIpc) is 2.73. The highest BCUT2D eigenvalue weighted by Crippen LogP contribution is 2.41. The molecule has 1 fully saturated rings. The molecule has 3 atom stereocenters. The van der Waals surface area contributed by atoms with Crippen LogP contribution >= 0.6 is 11.8 Å². The van der Waals surface area contributed by atoms with Crippen LogP contribution in [0.15, 0.2) is 54.3 Å². The van der Waals surface area contributed by atoms with E-state index in [9.17, 15) is 19.2 Å². The molecule has 1 saturated heterocycles. The summed E-state index contributed by atoms with van der Waals surface area (Å²) in [5, 5.41) is 2.18. The molecule has 8 nitrogen and oxygen atoms in total. The van der Waals surface area contributed by atoms with Gasteiger partial charge in [-0.25, -0.2) is 4.79 Å². The van der Waals surface area contributed by atoms with E-state index in [0.717, 1.165) is 0 Å². The van der Waals surface area contributed by atoms with Gasteiger partial charge in [0.15, 0.2) is 0 Å². The number of nitrogens with one attached hydrogen (secondary N) is 1. The van der Waals surface area contributed by atoms with Crippen molar-refractivity contribution in [3.05, 3.63) is 59.8 Å². The van der Waals surface area contributed by atoms with Crippen LogP contribution in [0.5, 0.6) is 0 Å². The Morgan fingerprint density at radius 1 is 1.29 bits per heavy atom. The Morgan fingerprint density at radius 2 is 1.97 bits per heavy atom. The lowest BCUT2D eigenvalue weighted by atomic mass is 10.0. The summed E-state index contributed by atoms with van der Waals surface area (Å²) >= 11 is 1.40.